The van der Waals surface area contributed by atoms with Crippen molar-refractivity contribution in [2.24, 2.45) is 5.92 Å². The highest BCUT2D eigenvalue weighted by Gasteiger charge is 2.21. The van der Waals surface area contributed by atoms with Crippen molar-refractivity contribution in [3.8, 4) is 5.75 Å². The second kappa shape index (κ2) is 5.85. The van der Waals surface area contributed by atoms with Crippen molar-refractivity contribution in [3.05, 3.63) is 27.7 Å². The van der Waals surface area contributed by atoms with Crippen LogP contribution in [-0.2, 0) is 11.3 Å². The number of hydrogen-bond donors (Lipinski definition) is 1. The van der Waals surface area contributed by atoms with Gasteiger partial charge >= 0.3 is 0 Å². The molecule has 4 heteroatoms. The van der Waals surface area contributed by atoms with E-state index in [1.54, 1.807) is 0 Å². The standard InChI is InChI=1S/C13H17BrO3/c1-9-4-12(14)5-11(6-15)13(9)17-8-16-7-10-2-3-10/h4-5,10,15H,2-3,6-8H2,1H3. The molecule has 1 fully saturated rings. The van der Waals surface area contributed by atoms with E-state index in [1.165, 1.54) is 12.8 Å². The fourth-order valence-corrected chi connectivity index (χ4v) is 2.34. The van der Waals surface area contributed by atoms with Gasteiger partial charge in [-0.3, -0.25) is 0 Å². The van der Waals surface area contributed by atoms with Crippen LogP contribution in [0, 0.1) is 12.8 Å². The van der Waals surface area contributed by atoms with Crippen molar-refractivity contribution in [1.82, 2.24) is 0 Å². The van der Waals surface area contributed by atoms with Crippen molar-refractivity contribution in [3.63, 3.8) is 0 Å². The SMILES string of the molecule is Cc1cc(Br)cc(CO)c1OCOCC1CC1. The van der Waals surface area contributed by atoms with Gasteiger partial charge < -0.3 is 14.6 Å². The van der Waals surface area contributed by atoms with Gasteiger partial charge in [-0.1, -0.05) is 15.9 Å². The molecule has 0 radical (unpaired) electrons. The third kappa shape index (κ3) is 3.69. The van der Waals surface area contributed by atoms with Crippen LogP contribution in [0.4, 0.5) is 0 Å². The quantitative estimate of drug-likeness (QED) is 0.648. The zero-order chi connectivity index (χ0) is 12.3. The van der Waals surface area contributed by atoms with E-state index in [2.05, 4.69) is 15.9 Å². The Bertz CT molecular complexity index is 388. The summed E-state index contributed by atoms with van der Waals surface area (Å²) in [5.41, 5.74) is 1.78. The monoisotopic (exact) mass is 300 g/mol. The molecule has 0 bridgehead atoms. The molecule has 0 aliphatic heterocycles. The van der Waals surface area contributed by atoms with Crippen LogP contribution >= 0.6 is 15.9 Å². The van der Waals surface area contributed by atoms with Crippen LogP contribution in [0.3, 0.4) is 0 Å². The van der Waals surface area contributed by atoms with E-state index in [9.17, 15) is 5.11 Å². The van der Waals surface area contributed by atoms with E-state index in [4.69, 9.17) is 9.47 Å². The molecular formula is C13H17BrO3. The molecule has 94 valence electrons. The van der Waals surface area contributed by atoms with Gasteiger partial charge in [-0.25, -0.2) is 0 Å². The first-order chi connectivity index (χ1) is 8.20. The Labute approximate surface area is 110 Å². The summed E-state index contributed by atoms with van der Waals surface area (Å²) >= 11 is 3.40. The molecule has 0 atom stereocenters. The lowest BCUT2D eigenvalue weighted by molar-refractivity contribution is 0.00852. The van der Waals surface area contributed by atoms with E-state index in [-0.39, 0.29) is 13.4 Å². The summed E-state index contributed by atoms with van der Waals surface area (Å²) < 4.78 is 12.0. The number of benzene rings is 1. The van der Waals surface area contributed by atoms with Gasteiger partial charge in [0.15, 0.2) is 6.79 Å². The summed E-state index contributed by atoms with van der Waals surface area (Å²) in [4.78, 5) is 0. The average molecular weight is 301 g/mol. The normalized spacial score (nSPS) is 15.0. The van der Waals surface area contributed by atoms with Crippen LogP contribution in [0.15, 0.2) is 16.6 Å². The van der Waals surface area contributed by atoms with Gasteiger partial charge in [-0.05, 0) is 43.4 Å². The fraction of sp³-hybridized carbons (Fsp3) is 0.538. The second-order valence-electron chi connectivity index (χ2n) is 4.45. The van der Waals surface area contributed by atoms with Gasteiger partial charge in [-0.15, -0.1) is 0 Å². The number of aryl methyl sites for hydroxylation is 1. The minimum absolute atomic E-state index is 0.0295. The summed E-state index contributed by atoms with van der Waals surface area (Å²) in [6.45, 7) is 2.97. The minimum atomic E-state index is -0.0295. The van der Waals surface area contributed by atoms with Gasteiger partial charge in [-0.2, -0.15) is 0 Å². The minimum Gasteiger partial charge on any atom is -0.467 e. The number of rotatable bonds is 6. The van der Waals surface area contributed by atoms with Crippen LogP contribution < -0.4 is 4.74 Å². The zero-order valence-electron chi connectivity index (χ0n) is 9.91. The zero-order valence-corrected chi connectivity index (χ0v) is 11.5. The Hall–Kier alpha value is -0.580. The molecule has 1 saturated carbocycles. The summed E-state index contributed by atoms with van der Waals surface area (Å²) in [5, 5.41) is 9.28. The highest BCUT2D eigenvalue weighted by atomic mass is 79.9. The molecule has 0 spiro atoms. The third-order valence-corrected chi connectivity index (χ3v) is 3.28. The largest absolute Gasteiger partial charge is 0.467 e. The Balaban J connectivity index is 1.92. The molecule has 3 nitrogen and oxygen atoms in total. The van der Waals surface area contributed by atoms with E-state index in [0.29, 0.717) is 0 Å². The average Bonchev–Trinajstić information content (AvgIpc) is 3.09. The lowest BCUT2D eigenvalue weighted by atomic mass is 10.1. The van der Waals surface area contributed by atoms with Crippen molar-refractivity contribution >= 4 is 15.9 Å². The molecule has 0 heterocycles. The molecule has 1 aromatic rings. The Morgan fingerprint density at radius 3 is 2.82 bits per heavy atom. The summed E-state index contributed by atoms with van der Waals surface area (Å²) in [7, 11) is 0. The van der Waals surface area contributed by atoms with Gasteiger partial charge in [0.1, 0.15) is 5.75 Å². The number of aliphatic hydroxyl groups is 1. The first-order valence-corrected chi connectivity index (χ1v) is 6.60. The Morgan fingerprint density at radius 1 is 1.41 bits per heavy atom. The smallest absolute Gasteiger partial charge is 0.189 e. The van der Waals surface area contributed by atoms with Crippen molar-refractivity contribution in [1.29, 1.82) is 0 Å². The molecule has 1 N–H and O–H groups in total. The van der Waals surface area contributed by atoms with E-state index in [0.717, 1.165) is 33.9 Å². The van der Waals surface area contributed by atoms with Crippen molar-refractivity contribution in [2.75, 3.05) is 13.4 Å². The Morgan fingerprint density at radius 2 is 2.18 bits per heavy atom. The lowest BCUT2D eigenvalue weighted by Crippen LogP contribution is -2.07. The highest BCUT2D eigenvalue weighted by molar-refractivity contribution is 9.10. The van der Waals surface area contributed by atoms with Crippen LogP contribution in [0.25, 0.3) is 0 Å². The molecule has 0 amide bonds. The highest BCUT2D eigenvalue weighted by Crippen LogP contribution is 2.30. The number of hydrogen-bond acceptors (Lipinski definition) is 3. The van der Waals surface area contributed by atoms with Gasteiger partial charge in [0.25, 0.3) is 0 Å². The van der Waals surface area contributed by atoms with Gasteiger partial charge in [0.2, 0.25) is 0 Å². The Kier molecular flexibility index (Phi) is 4.42. The topological polar surface area (TPSA) is 38.7 Å². The summed E-state index contributed by atoms with van der Waals surface area (Å²) in [6.07, 6.45) is 2.55. The van der Waals surface area contributed by atoms with E-state index < -0.39 is 0 Å². The molecule has 0 aromatic heterocycles. The third-order valence-electron chi connectivity index (χ3n) is 2.82. The lowest BCUT2D eigenvalue weighted by Gasteiger charge is -2.13. The molecule has 0 unspecified atom stereocenters. The summed E-state index contributed by atoms with van der Waals surface area (Å²) in [6, 6.07) is 3.83. The predicted octanol–water partition coefficient (Wildman–Crippen LogP) is 3.01. The van der Waals surface area contributed by atoms with Crippen molar-refractivity contribution in [2.45, 2.75) is 26.4 Å². The summed E-state index contributed by atoms with van der Waals surface area (Å²) in [5.74, 6) is 1.47. The fourth-order valence-electron chi connectivity index (χ4n) is 1.72. The second-order valence-corrected chi connectivity index (χ2v) is 5.36. The number of ether oxygens (including phenoxy) is 2. The van der Waals surface area contributed by atoms with Crippen molar-refractivity contribution < 1.29 is 14.6 Å². The maximum absolute atomic E-state index is 9.28. The molecule has 17 heavy (non-hydrogen) atoms. The van der Waals surface area contributed by atoms with Crippen LogP contribution in [0.1, 0.15) is 24.0 Å². The number of halogens is 1. The molecule has 2 rings (SSSR count). The van der Waals surface area contributed by atoms with Crippen LogP contribution in [0.5, 0.6) is 5.75 Å². The maximum atomic E-state index is 9.28. The van der Waals surface area contributed by atoms with Crippen LogP contribution in [-0.4, -0.2) is 18.5 Å². The first kappa shape index (κ1) is 12.9. The molecule has 1 aliphatic carbocycles. The van der Waals surface area contributed by atoms with E-state index in [1.807, 2.05) is 19.1 Å². The number of aliphatic hydroxyl groups excluding tert-OH is 1. The molecule has 0 saturated heterocycles. The van der Waals surface area contributed by atoms with Crippen LogP contribution in [0.2, 0.25) is 0 Å². The first-order valence-electron chi connectivity index (χ1n) is 5.81. The molecule has 1 aliphatic rings. The van der Waals surface area contributed by atoms with Gasteiger partial charge in [0, 0.05) is 10.0 Å². The maximum Gasteiger partial charge on any atom is 0.189 e. The van der Waals surface area contributed by atoms with E-state index >= 15 is 0 Å². The molecule has 1 aromatic carbocycles. The predicted molar refractivity (Wildman–Crippen MR) is 69.0 cm³/mol. The van der Waals surface area contributed by atoms with Gasteiger partial charge in [0.05, 0.1) is 13.2 Å². The molecular weight excluding hydrogens is 284 g/mol.